The highest BCUT2D eigenvalue weighted by molar-refractivity contribution is 7.91. The van der Waals surface area contributed by atoms with Gasteiger partial charge in [-0.3, -0.25) is 0 Å². The summed E-state index contributed by atoms with van der Waals surface area (Å²) in [6.45, 7) is 2.77. The van der Waals surface area contributed by atoms with Gasteiger partial charge in [0.2, 0.25) is 0 Å². The number of rotatable bonds is 4. The van der Waals surface area contributed by atoms with E-state index in [2.05, 4.69) is 29.2 Å². The third-order valence-corrected chi connectivity index (χ3v) is 7.27. The van der Waals surface area contributed by atoms with E-state index in [4.69, 9.17) is 0 Å². The predicted molar refractivity (Wildman–Crippen MR) is 108 cm³/mol. The van der Waals surface area contributed by atoms with Crippen LogP contribution in [0.1, 0.15) is 36.4 Å². The van der Waals surface area contributed by atoms with Gasteiger partial charge in [0, 0.05) is 19.1 Å². The van der Waals surface area contributed by atoms with Crippen LogP contribution in [0.5, 0.6) is 0 Å². The zero-order valence-electron chi connectivity index (χ0n) is 15.8. The fourth-order valence-corrected chi connectivity index (χ4v) is 5.24. The first-order valence-electron chi connectivity index (χ1n) is 8.95. The lowest BCUT2D eigenvalue weighted by molar-refractivity contribution is 0.470. The Hall–Kier alpha value is -1.86. The first kappa shape index (κ1) is 19.9. The van der Waals surface area contributed by atoms with E-state index < -0.39 is 19.7 Å². The Morgan fingerprint density at radius 3 is 2.15 bits per heavy atom. The molecule has 0 aliphatic carbocycles. The lowest BCUT2D eigenvalue weighted by atomic mass is 9.94. The summed E-state index contributed by atoms with van der Waals surface area (Å²) in [4.78, 5) is 2.20. The van der Waals surface area contributed by atoms with Gasteiger partial charge in [-0.25, -0.2) is 16.8 Å². The highest BCUT2D eigenvalue weighted by atomic mass is 32.2. The molecule has 1 aliphatic heterocycles. The second-order valence-corrected chi connectivity index (χ2v) is 11.3. The molecule has 0 N–H and O–H groups in total. The molecule has 2 aromatic carbocycles. The second-order valence-electron chi connectivity index (χ2n) is 7.29. The van der Waals surface area contributed by atoms with Crippen LogP contribution in [0.15, 0.2) is 52.3 Å². The first-order chi connectivity index (χ1) is 12.6. The highest BCUT2D eigenvalue weighted by Crippen LogP contribution is 2.39. The molecular weight excluding hydrogens is 382 g/mol. The molecule has 1 atom stereocenters. The van der Waals surface area contributed by atoms with Crippen LogP contribution in [0.4, 0.5) is 5.69 Å². The van der Waals surface area contributed by atoms with E-state index in [1.165, 1.54) is 17.7 Å². The van der Waals surface area contributed by atoms with E-state index >= 15 is 0 Å². The van der Waals surface area contributed by atoms with Crippen molar-refractivity contribution < 1.29 is 16.8 Å². The first-order valence-corrected chi connectivity index (χ1v) is 12.7. The molecule has 3 rings (SSSR count). The molecule has 0 radical (unpaired) electrons. The molecule has 0 aromatic heterocycles. The maximum atomic E-state index is 12.4. The average Bonchev–Trinajstić information content (AvgIpc) is 2.60. The molecule has 0 unspecified atom stereocenters. The summed E-state index contributed by atoms with van der Waals surface area (Å²) in [7, 11) is -7.07. The van der Waals surface area contributed by atoms with Crippen LogP contribution in [0.25, 0.3) is 0 Å². The third-order valence-electron chi connectivity index (χ3n) is 5.03. The molecule has 0 saturated carbocycles. The number of hydrogen-bond donors (Lipinski definition) is 0. The monoisotopic (exact) mass is 407 g/mol. The molecule has 7 heteroatoms. The SMILES string of the molecule is Cc1ccc([C@H]2CCCCN2c2ccc(S(C)(=O)=O)cc2S(C)(=O)=O)cc1. The van der Waals surface area contributed by atoms with E-state index in [0.29, 0.717) is 5.69 Å². The minimum atomic E-state index is -3.58. The molecular formula is C20H25NO4S2. The quantitative estimate of drug-likeness (QED) is 0.775. The van der Waals surface area contributed by atoms with Crippen molar-refractivity contribution in [1.29, 1.82) is 0 Å². The van der Waals surface area contributed by atoms with Crippen LogP contribution in [0.3, 0.4) is 0 Å². The summed E-state index contributed by atoms with van der Waals surface area (Å²) >= 11 is 0. The number of benzene rings is 2. The summed E-state index contributed by atoms with van der Waals surface area (Å²) in [6, 6.07) is 12.8. The molecule has 5 nitrogen and oxygen atoms in total. The van der Waals surface area contributed by atoms with Crippen LogP contribution in [-0.2, 0) is 19.7 Å². The number of nitrogens with zero attached hydrogens (tertiary/aromatic N) is 1. The highest BCUT2D eigenvalue weighted by Gasteiger charge is 2.29. The summed E-state index contributed by atoms with van der Waals surface area (Å²) in [5, 5.41) is 0. The summed E-state index contributed by atoms with van der Waals surface area (Å²) in [5.41, 5.74) is 2.90. The lowest BCUT2D eigenvalue weighted by Crippen LogP contribution is -2.34. The Morgan fingerprint density at radius 1 is 0.889 bits per heavy atom. The minimum absolute atomic E-state index is 0.0237. The van der Waals surface area contributed by atoms with E-state index in [1.54, 1.807) is 6.07 Å². The van der Waals surface area contributed by atoms with Gasteiger partial charge >= 0.3 is 0 Å². The molecule has 27 heavy (non-hydrogen) atoms. The maximum Gasteiger partial charge on any atom is 0.177 e. The second kappa shape index (κ2) is 7.28. The van der Waals surface area contributed by atoms with Crippen LogP contribution in [0, 0.1) is 6.92 Å². The molecule has 146 valence electrons. The smallest absolute Gasteiger partial charge is 0.177 e. The Kier molecular flexibility index (Phi) is 5.36. The fourth-order valence-electron chi connectivity index (χ4n) is 3.61. The number of hydrogen-bond acceptors (Lipinski definition) is 5. The summed E-state index contributed by atoms with van der Waals surface area (Å²) in [5.74, 6) is 0. The average molecular weight is 408 g/mol. The van der Waals surface area contributed by atoms with Crippen molar-refractivity contribution in [2.45, 2.75) is 42.0 Å². The van der Waals surface area contributed by atoms with Crippen molar-refractivity contribution in [2.24, 2.45) is 0 Å². The van der Waals surface area contributed by atoms with E-state index in [1.807, 2.05) is 6.92 Å². The Morgan fingerprint density at radius 2 is 1.56 bits per heavy atom. The van der Waals surface area contributed by atoms with Gasteiger partial charge in [-0.05, 0) is 49.9 Å². The largest absolute Gasteiger partial charge is 0.363 e. The zero-order valence-corrected chi connectivity index (χ0v) is 17.5. The zero-order chi connectivity index (χ0) is 19.8. The maximum absolute atomic E-state index is 12.4. The van der Waals surface area contributed by atoms with Gasteiger partial charge in [0.25, 0.3) is 0 Å². The van der Waals surface area contributed by atoms with Gasteiger partial charge in [-0.15, -0.1) is 0 Å². The van der Waals surface area contributed by atoms with Gasteiger partial charge in [-0.2, -0.15) is 0 Å². The van der Waals surface area contributed by atoms with Crippen molar-refractivity contribution in [2.75, 3.05) is 24.0 Å². The van der Waals surface area contributed by atoms with E-state index in [9.17, 15) is 16.8 Å². The van der Waals surface area contributed by atoms with Crippen molar-refractivity contribution in [3.8, 4) is 0 Å². The van der Waals surface area contributed by atoms with Crippen LogP contribution in [-0.4, -0.2) is 35.9 Å². The van der Waals surface area contributed by atoms with Crippen LogP contribution < -0.4 is 4.90 Å². The topological polar surface area (TPSA) is 71.5 Å². The van der Waals surface area contributed by atoms with Crippen molar-refractivity contribution in [1.82, 2.24) is 0 Å². The Labute approximate surface area is 161 Å². The fraction of sp³-hybridized carbons (Fsp3) is 0.400. The van der Waals surface area contributed by atoms with Gasteiger partial charge in [-0.1, -0.05) is 29.8 Å². The van der Waals surface area contributed by atoms with Crippen molar-refractivity contribution >= 4 is 25.4 Å². The normalized spacial score (nSPS) is 18.5. The van der Waals surface area contributed by atoms with Crippen LogP contribution >= 0.6 is 0 Å². The molecule has 0 spiro atoms. The Balaban J connectivity index is 2.13. The summed E-state index contributed by atoms with van der Waals surface area (Å²) < 4.78 is 48.7. The standard InChI is InChI=1S/C20H25NO4S2/c1-15-7-9-16(10-8-15)18-6-4-5-13-21(18)19-12-11-17(26(2,22)23)14-20(19)27(3,24)25/h7-12,14,18H,4-6,13H2,1-3H3/t18-/m1/s1. The molecule has 0 bridgehead atoms. The van der Waals surface area contributed by atoms with Gasteiger partial charge in [0.1, 0.15) is 0 Å². The van der Waals surface area contributed by atoms with Gasteiger partial charge < -0.3 is 4.90 Å². The van der Waals surface area contributed by atoms with Crippen molar-refractivity contribution in [3.63, 3.8) is 0 Å². The van der Waals surface area contributed by atoms with E-state index in [-0.39, 0.29) is 15.8 Å². The van der Waals surface area contributed by atoms with Gasteiger partial charge in [0.05, 0.1) is 21.5 Å². The van der Waals surface area contributed by atoms with Gasteiger partial charge in [0.15, 0.2) is 19.7 Å². The minimum Gasteiger partial charge on any atom is -0.363 e. The third kappa shape index (κ3) is 4.35. The van der Waals surface area contributed by atoms with Crippen LogP contribution in [0.2, 0.25) is 0 Å². The molecule has 1 heterocycles. The van der Waals surface area contributed by atoms with E-state index in [0.717, 1.165) is 43.9 Å². The molecule has 1 aliphatic rings. The number of aryl methyl sites for hydroxylation is 1. The number of anilines is 1. The van der Waals surface area contributed by atoms with Crippen molar-refractivity contribution in [3.05, 3.63) is 53.6 Å². The molecule has 1 fully saturated rings. The molecule has 2 aromatic rings. The molecule has 1 saturated heterocycles. The molecule has 0 amide bonds. The summed E-state index contributed by atoms with van der Waals surface area (Å²) in [6.07, 6.45) is 5.19. The number of piperidine rings is 1. The predicted octanol–water partition coefficient (Wildman–Crippen LogP) is 3.53. The number of sulfone groups is 2. The Bertz CT molecular complexity index is 1040. The lowest BCUT2D eigenvalue weighted by Gasteiger charge is -2.39.